The number of hydrogen-bond donors (Lipinski definition) is 2. The molecule has 2 aliphatic heterocycles. The Labute approximate surface area is 129 Å². The molecule has 3 rings (SSSR count). The molecule has 0 radical (unpaired) electrons. The highest BCUT2D eigenvalue weighted by atomic mass is 35.5. The Kier molecular flexibility index (Phi) is 4.31. The Hall–Kier alpha value is -1.72. The summed E-state index contributed by atoms with van der Waals surface area (Å²) in [5.41, 5.74) is 0.887. The van der Waals surface area contributed by atoms with Crippen LogP contribution in [0.15, 0.2) is 35.1 Å². The maximum Gasteiger partial charge on any atom is 0.120 e. The Morgan fingerprint density at radius 2 is 2.05 bits per heavy atom. The van der Waals surface area contributed by atoms with Crippen LogP contribution >= 0.6 is 11.6 Å². The van der Waals surface area contributed by atoms with E-state index in [1.54, 1.807) is 12.1 Å². The first-order valence-electron chi connectivity index (χ1n) is 7.11. The van der Waals surface area contributed by atoms with Gasteiger partial charge in [-0.1, -0.05) is 11.6 Å². The van der Waals surface area contributed by atoms with Crippen LogP contribution in [0.1, 0.15) is 5.56 Å². The van der Waals surface area contributed by atoms with E-state index in [2.05, 4.69) is 20.1 Å². The lowest BCUT2D eigenvalue weighted by Crippen LogP contribution is -2.48. The van der Waals surface area contributed by atoms with Crippen LogP contribution in [0.2, 0.25) is 5.02 Å². The van der Waals surface area contributed by atoms with Gasteiger partial charge in [0.2, 0.25) is 0 Å². The number of allylic oxidation sites excluding steroid dienone is 1. The fourth-order valence-corrected chi connectivity index (χ4v) is 2.84. The van der Waals surface area contributed by atoms with Crippen molar-refractivity contribution in [2.24, 2.45) is 4.99 Å². The number of rotatable bonds is 3. The molecule has 1 fully saturated rings. The minimum atomic E-state index is 0.315. The molecule has 0 saturated carbocycles. The Balaban J connectivity index is 1.57. The Bertz CT molecular complexity index is 565. The lowest BCUT2D eigenvalue weighted by atomic mass is 10.1. The second kappa shape index (κ2) is 6.37. The summed E-state index contributed by atoms with van der Waals surface area (Å²) in [5, 5.41) is 13.8. The van der Waals surface area contributed by atoms with Gasteiger partial charge in [-0.15, -0.1) is 0 Å². The van der Waals surface area contributed by atoms with Crippen molar-refractivity contribution in [1.82, 2.24) is 15.1 Å². The van der Waals surface area contributed by atoms with Gasteiger partial charge in [0.15, 0.2) is 0 Å². The number of benzene rings is 1. The van der Waals surface area contributed by atoms with Gasteiger partial charge in [0.25, 0.3) is 0 Å². The van der Waals surface area contributed by atoms with E-state index < -0.39 is 0 Å². The number of piperazine rings is 1. The van der Waals surface area contributed by atoms with Crippen molar-refractivity contribution in [3.8, 4) is 5.75 Å². The van der Waals surface area contributed by atoms with Gasteiger partial charge in [0.1, 0.15) is 18.2 Å². The minimum absolute atomic E-state index is 0.315. The molecule has 21 heavy (non-hydrogen) atoms. The zero-order chi connectivity index (χ0) is 14.7. The van der Waals surface area contributed by atoms with Crippen molar-refractivity contribution in [3.63, 3.8) is 0 Å². The average Bonchev–Trinajstić information content (AvgIpc) is 2.53. The highest BCUT2D eigenvalue weighted by Gasteiger charge is 2.20. The molecule has 0 atom stereocenters. The van der Waals surface area contributed by atoms with Crippen molar-refractivity contribution in [1.29, 1.82) is 0 Å². The van der Waals surface area contributed by atoms with Crippen LogP contribution in [0.4, 0.5) is 0 Å². The minimum Gasteiger partial charge on any atom is -0.508 e. The highest BCUT2D eigenvalue weighted by Crippen LogP contribution is 2.23. The number of aromatic hydroxyl groups is 1. The molecule has 112 valence electrons. The molecule has 2 heterocycles. The fraction of sp³-hybridized carbons (Fsp3) is 0.400. The largest absolute Gasteiger partial charge is 0.508 e. The van der Waals surface area contributed by atoms with Crippen LogP contribution in [0.5, 0.6) is 5.75 Å². The van der Waals surface area contributed by atoms with E-state index in [0.717, 1.165) is 44.1 Å². The molecule has 0 aliphatic carbocycles. The van der Waals surface area contributed by atoms with Crippen molar-refractivity contribution in [3.05, 3.63) is 40.7 Å². The van der Waals surface area contributed by atoms with Crippen molar-refractivity contribution in [2.45, 2.75) is 6.54 Å². The summed E-state index contributed by atoms with van der Waals surface area (Å²) in [4.78, 5) is 8.79. The number of halogens is 1. The Morgan fingerprint density at radius 1 is 1.24 bits per heavy atom. The first-order valence-corrected chi connectivity index (χ1v) is 7.49. The molecule has 0 unspecified atom stereocenters. The first-order chi connectivity index (χ1) is 10.2. The molecule has 1 aromatic rings. The normalized spacial score (nSPS) is 19.3. The third kappa shape index (κ3) is 3.49. The number of aliphatic imine (C=N–C) groups is 1. The first kappa shape index (κ1) is 14.2. The molecule has 1 aromatic carbocycles. The second-order valence-electron chi connectivity index (χ2n) is 5.25. The molecule has 6 heteroatoms. The van der Waals surface area contributed by atoms with Gasteiger partial charge in [0.05, 0.1) is 0 Å². The summed E-state index contributed by atoms with van der Waals surface area (Å²) in [7, 11) is 0. The van der Waals surface area contributed by atoms with Crippen LogP contribution in [-0.4, -0.2) is 54.0 Å². The summed E-state index contributed by atoms with van der Waals surface area (Å²) in [6.07, 6.45) is 3.87. The van der Waals surface area contributed by atoms with Gasteiger partial charge in [-0.05, 0) is 24.3 Å². The van der Waals surface area contributed by atoms with E-state index in [9.17, 15) is 5.11 Å². The predicted molar refractivity (Wildman–Crippen MR) is 84.5 cm³/mol. The molecule has 2 N–H and O–H groups in total. The van der Waals surface area contributed by atoms with Crippen LogP contribution in [0.3, 0.4) is 0 Å². The van der Waals surface area contributed by atoms with Crippen molar-refractivity contribution >= 4 is 17.8 Å². The molecule has 1 saturated heterocycles. The van der Waals surface area contributed by atoms with E-state index in [-0.39, 0.29) is 0 Å². The molecule has 0 aromatic heterocycles. The topological polar surface area (TPSA) is 51.1 Å². The summed E-state index contributed by atoms with van der Waals surface area (Å²) in [6.45, 7) is 5.24. The van der Waals surface area contributed by atoms with E-state index in [4.69, 9.17) is 11.6 Å². The standard InChI is InChI=1S/C15H19ClN4O/c16-13-1-2-14(21)12(9-13)10-19-5-7-20(8-6-19)15-3-4-17-11-18-15/h1-4,9,18,21H,5-8,10-11H2. The monoisotopic (exact) mass is 306 g/mol. The van der Waals surface area contributed by atoms with Gasteiger partial charge in [-0.2, -0.15) is 0 Å². The van der Waals surface area contributed by atoms with E-state index in [0.29, 0.717) is 17.4 Å². The average molecular weight is 307 g/mol. The molecule has 0 bridgehead atoms. The lowest BCUT2D eigenvalue weighted by molar-refractivity contribution is 0.146. The van der Waals surface area contributed by atoms with Crippen LogP contribution in [0.25, 0.3) is 0 Å². The van der Waals surface area contributed by atoms with Gasteiger partial charge >= 0.3 is 0 Å². The molecular formula is C15H19ClN4O. The van der Waals surface area contributed by atoms with E-state index in [1.807, 2.05) is 18.4 Å². The summed E-state index contributed by atoms with van der Waals surface area (Å²) in [6, 6.07) is 5.20. The summed E-state index contributed by atoms with van der Waals surface area (Å²) < 4.78 is 0. The zero-order valence-corrected chi connectivity index (χ0v) is 12.6. The van der Waals surface area contributed by atoms with E-state index >= 15 is 0 Å². The van der Waals surface area contributed by atoms with Crippen molar-refractivity contribution < 1.29 is 5.11 Å². The van der Waals surface area contributed by atoms with Gasteiger partial charge in [0, 0.05) is 49.5 Å². The van der Waals surface area contributed by atoms with Crippen LogP contribution in [0, 0.1) is 0 Å². The van der Waals surface area contributed by atoms with E-state index in [1.165, 1.54) is 0 Å². The van der Waals surface area contributed by atoms with Crippen LogP contribution < -0.4 is 5.32 Å². The smallest absolute Gasteiger partial charge is 0.120 e. The number of phenols is 1. The lowest BCUT2D eigenvalue weighted by Gasteiger charge is -2.37. The van der Waals surface area contributed by atoms with Crippen LogP contribution in [-0.2, 0) is 6.54 Å². The molecule has 2 aliphatic rings. The highest BCUT2D eigenvalue weighted by molar-refractivity contribution is 6.30. The number of nitrogens with one attached hydrogen (secondary N) is 1. The van der Waals surface area contributed by atoms with Gasteiger partial charge in [-0.25, -0.2) is 0 Å². The third-order valence-electron chi connectivity index (χ3n) is 3.84. The second-order valence-corrected chi connectivity index (χ2v) is 5.69. The zero-order valence-electron chi connectivity index (χ0n) is 11.8. The number of nitrogens with zero attached hydrogens (tertiary/aromatic N) is 3. The number of hydrogen-bond acceptors (Lipinski definition) is 5. The van der Waals surface area contributed by atoms with Crippen molar-refractivity contribution in [2.75, 3.05) is 32.8 Å². The molecular weight excluding hydrogens is 288 g/mol. The number of phenolic OH excluding ortho intramolecular Hbond substituents is 1. The summed E-state index contributed by atoms with van der Waals surface area (Å²) >= 11 is 5.99. The predicted octanol–water partition coefficient (Wildman–Crippen LogP) is 1.64. The van der Waals surface area contributed by atoms with Gasteiger partial charge < -0.3 is 15.3 Å². The molecule has 0 spiro atoms. The summed E-state index contributed by atoms with van der Waals surface area (Å²) in [5.74, 6) is 1.46. The SMILES string of the molecule is Oc1ccc(Cl)cc1CN1CCN(C2=CC=NCN2)CC1. The molecule has 5 nitrogen and oxygen atoms in total. The van der Waals surface area contributed by atoms with Gasteiger partial charge in [-0.3, -0.25) is 9.89 Å². The Morgan fingerprint density at radius 3 is 2.76 bits per heavy atom. The molecule has 0 amide bonds. The maximum absolute atomic E-state index is 9.89. The maximum atomic E-state index is 9.89. The third-order valence-corrected chi connectivity index (χ3v) is 4.07. The quantitative estimate of drug-likeness (QED) is 0.891. The fourth-order valence-electron chi connectivity index (χ4n) is 2.65.